The number of fused-ring (bicyclic) bond motifs is 1. The van der Waals surface area contributed by atoms with Crippen LogP contribution in [0.1, 0.15) is 12.8 Å². The molecular weight excluding hydrogens is 360 g/mol. The summed E-state index contributed by atoms with van der Waals surface area (Å²) in [5, 5.41) is 9.42. The van der Waals surface area contributed by atoms with Crippen LogP contribution in [-0.2, 0) is 4.74 Å². The number of piperidine rings is 1. The van der Waals surface area contributed by atoms with Crippen molar-refractivity contribution in [2.24, 2.45) is 16.8 Å². The Balaban J connectivity index is 1.31. The number of guanidine groups is 1. The van der Waals surface area contributed by atoms with Crippen LogP contribution in [0, 0.1) is 11.8 Å². The van der Waals surface area contributed by atoms with Gasteiger partial charge in [-0.2, -0.15) is 0 Å². The molecule has 0 aromatic carbocycles. The van der Waals surface area contributed by atoms with Gasteiger partial charge < -0.3 is 20.3 Å². The van der Waals surface area contributed by atoms with E-state index < -0.39 is 0 Å². The molecule has 2 atom stereocenters. The van der Waals surface area contributed by atoms with Crippen LogP contribution < -0.4 is 15.5 Å². The van der Waals surface area contributed by atoms with Crippen LogP contribution in [0.4, 0.5) is 10.9 Å². The first-order valence-corrected chi connectivity index (χ1v) is 10.5. The lowest BCUT2D eigenvalue weighted by molar-refractivity contribution is 0.182. The first-order valence-electron chi connectivity index (χ1n) is 9.66. The predicted octanol–water partition coefficient (Wildman–Crippen LogP) is 2.44. The van der Waals surface area contributed by atoms with Crippen molar-refractivity contribution < 1.29 is 4.74 Å². The summed E-state index contributed by atoms with van der Waals surface area (Å²) in [5.74, 6) is 3.22. The van der Waals surface area contributed by atoms with Crippen molar-refractivity contribution in [3.8, 4) is 11.4 Å². The van der Waals surface area contributed by atoms with Crippen molar-refractivity contribution in [1.82, 2.24) is 15.3 Å². The van der Waals surface area contributed by atoms with E-state index in [2.05, 4.69) is 38.0 Å². The highest BCUT2D eigenvalue weighted by Gasteiger charge is 2.34. The van der Waals surface area contributed by atoms with Gasteiger partial charge >= 0.3 is 0 Å². The predicted molar refractivity (Wildman–Crippen MR) is 109 cm³/mol. The van der Waals surface area contributed by atoms with Crippen LogP contribution in [0.25, 0.3) is 11.4 Å². The molecule has 0 saturated carbocycles. The number of aromatic nitrogens is 2. The fourth-order valence-electron chi connectivity index (χ4n) is 3.98. The molecule has 3 aliphatic rings. The van der Waals surface area contributed by atoms with E-state index >= 15 is 0 Å². The van der Waals surface area contributed by atoms with Gasteiger partial charge in [0.15, 0.2) is 11.1 Å². The zero-order valence-corrected chi connectivity index (χ0v) is 16.0. The van der Waals surface area contributed by atoms with Crippen LogP contribution in [0.2, 0.25) is 0 Å². The quantitative estimate of drug-likeness (QED) is 0.847. The van der Waals surface area contributed by atoms with E-state index in [4.69, 9.17) is 14.7 Å². The molecule has 3 aliphatic heterocycles. The maximum absolute atomic E-state index is 5.66. The standard InChI is InChI=1S/C19H24N6OS/c1-3-15(16-12-27-19(23-16)24-18-20-6-2-7-21-18)22-17(4-1)25-8-5-13-10-26-11-14(13)9-25/h1,3-4,12-14H,2,5-11H2,(H2,20,21,23,24)/t13-,14+/m1/s1. The molecule has 0 radical (unpaired) electrons. The average Bonchev–Trinajstić information content (AvgIpc) is 3.38. The van der Waals surface area contributed by atoms with E-state index in [1.54, 1.807) is 11.3 Å². The maximum atomic E-state index is 5.66. The summed E-state index contributed by atoms with van der Waals surface area (Å²) >= 11 is 1.58. The average molecular weight is 385 g/mol. The molecule has 0 amide bonds. The lowest BCUT2D eigenvalue weighted by Crippen LogP contribution is -2.40. The Morgan fingerprint density at radius 2 is 2.15 bits per heavy atom. The Hall–Kier alpha value is -2.19. The summed E-state index contributed by atoms with van der Waals surface area (Å²) in [6.45, 7) is 5.73. The molecule has 142 valence electrons. The van der Waals surface area contributed by atoms with Crippen molar-refractivity contribution >= 4 is 28.2 Å². The van der Waals surface area contributed by atoms with E-state index in [0.717, 1.165) is 80.0 Å². The molecule has 5 heterocycles. The smallest absolute Gasteiger partial charge is 0.197 e. The largest absolute Gasteiger partial charge is 0.381 e. The van der Waals surface area contributed by atoms with Crippen molar-refractivity contribution in [2.45, 2.75) is 12.8 Å². The SMILES string of the molecule is c1cc(-c2csc(NC3=NCCCN3)n2)nc(N2CC[C@@H]3COC[C@@H]3C2)c1. The van der Waals surface area contributed by atoms with E-state index in [1.165, 1.54) is 6.42 Å². The van der Waals surface area contributed by atoms with Crippen molar-refractivity contribution in [3.05, 3.63) is 23.6 Å². The summed E-state index contributed by atoms with van der Waals surface area (Å²) in [5.41, 5.74) is 1.82. The van der Waals surface area contributed by atoms with E-state index in [9.17, 15) is 0 Å². The van der Waals surface area contributed by atoms with Gasteiger partial charge in [0, 0.05) is 44.1 Å². The number of rotatable bonds is 3. The second-order valence-corrected chi connectivity index (χ2v) is 8.20. The molecule has 2 N–H and O–H groups in total. The van der Waals surface area contributed by atoms with Crippen LogP contribution in [-0.4, -0.2) is 55.3 Å². The Morgan fingerprint density at radius 3 is 3.07 bits per heavy atom. The summed E-state index contributed by atoms with van der Waals surface area (Å²) in [6.07, 6.45) is 2.27. The topological polar surface area (TPSA) is 74.7 Å². The monoisotopic (exact) mass is 384 g/mol. The summed E-state index contributed by atoms with van der Waals surface area (Å²) < 4.78 is 5.66. The molecule has 5 rings (SSSR count). The van der Waals surface area contributed by atoms with Gasteiger partial charge in [0.1, 0.15) is 11.5 Å². The number of anilines is 2. The third-order valence-corrected chi connectivity index (χ3v) is 6.26. The van der Waals surface area contributed by atoms with E-state index in [0.29, 0.717) is 5.92 Å². The van der Waals surface area contributed by atoms with Crippen molar-refractivity contribution in [2.75, 3.05) is 49.6 Å². The van der Waals surface area contributed by atoms with Gasteiger partial charge in [-0.25, -0.2) is 9.97 Å². The number of nitrogens with zero attached hydrogens (tertiary/aromatic N) is 4. The Bertz CT molecular complexity index is 837. The minimum absolute atomic E-state index is 0.642. The third-order valence-electron chi connectivity index (χ3n) is 5.50. The molecule has 2 aromatic rings. The highest BCUT2D eigenvalue weighted by molar-refractivity contribution is 7.14. The molecule has 7 nitrogen and oxygen atoms in total. The zero-order valence-electron chi connectivity index (χ0n) is 15.2. The molecule has 0 bridgehead atoms. The molecular formula is C19H24N6OS. The van der Waals surface area contributed by atoms with Gasteiger partial charge in [0.25, 0.3) is 0 Å². The van der Waals surface area contributed by atoms with E-state index in [1.807, 2.05) is 6.07 Å². The molecule has 8 heteroatoms. The van der Waals surface area contributed by atoms with Gasteiger partial charge in [0.05, 0.1) is 12.3 Å². The van der Waals surface area contributed by atoms with Crippen molar-refractivity contribution in [3.63, 3.8) is 0 Å². The van der Waals surface area contributed by atoms with Crippen LogP contribution in [0.5, 0.6) is 0 Å². The van der Waals surface area contributed by atoms with Gasteiger partial charge in [0.2, 0.25) is 0 Å². The minimum atomic E-state index is 0.642. The molecule has 27 heavy (non-hydrogen) atoms. The number of nitrogens with one attached hydrogen (secondary N) is 2. The Morgan fingerprint density at radius 1 is 1.19 bits per heavy atom. The molecule has 0 unspecified atom stereocenters. The molecule has 0 aliphatic carbocycles. The first kappa shape index (κ1) is 16.9. The number of thiazole rings is 1. The Kier molecular flexibility index (Phi) is 4.67. The number of hydrogen-bond donors (Lipinski definition) is 2. The summed E-state index contributed by atoms with van der Waals surface area (Å²) in [6, 6.07) is 6.21. The third kappa shape index (κ3) is 3.64. The summed E-state index contributed by atoms with van der Waals surface area (Å²) in [7, 11) is 0. The fraction of sp³-hybridized carbons (Fsp3) is 0.526. The summed E-state index contributed by atoms with van der Waals surface area (Å²) in [4.78, 5) is 16.4. The van der Waals surface area contributed by atoms with Crippen LogP contribution in [0.3, 0.4) is 0 Å². The first-order chi connectivity index (χ1) is 13.3. The molecule has 2 saturated heterocycles. The normalized spacial score (nSPS) is 24.9. The van der Waals surface area contributed by atoms with E-state index in [-0.39, 0.29) is 0 Å². The van der Waals surface area contributed by atoms with Crippen molar-refractivity contribution in [1.29, 1.82) is 0 Å². The number of aliphatic imine (C=N–C) groups is 1. The number of ether oxygens (including phenoxy) is 1. The number of hydrogen-bond acceptors (Lipinski definition) is 8. The van der Waals surface area contributed by atoms with Gasteiger partial charge in [-0.05, 0) is 30.9 Å². The fourth-order valence-corrected chi connectivity index (χ4v) is 4.68. The lowest BCUT2D eigenvalue weighted by Gasteiger charge is -2.34. The van der Waals surface area contributed by atoms with Gasteiger partial charge in [-0.3, -0.25) is 4.99 Å². The van der Waals surface area contributed by atoms with Gasteiger partial charge in [-0.15, -0.1) is 11.3 Å². The van der Waals surface area contributed by atoms with Gasteiger partial charge in [-0.1, -0.05) is 6.07 Å². The Labute approximate surface area is 162 Å². The lowest BCUT2D eigenvalue weighted by atomic mass is 9.89. The second kappa shape index (κ2) is 7.44. The van der Waals surface area contributed by atoms with Crippen LogP contribution in [0.15, 0.2) is 28.6 Å². The minimum Gasteiger partial charge on any atom is -0.381 e. The molecule has 2 fully saturated rings. The zero-order chi connectivity index (χ0) is 18.1. The highest BCUT2D eigenvalue weighted by atomic mass is 32.1. The highest BCUT2D eigenvalue weighted by Crippen LogP contribution is 2.32. The molecule has 2 aromatic heterocycles. The molecule has 0 spiro atoms. The maximum Gasteiger partial charge on any atom is 0.197 e. The van der Waals surface area contributed by atoms with Crippen LogP contribution >= 0.6 is 11.3 Å². The number of pyridine rings is 1. The second-order valence-electron chi connectivity index (χ2n) is 7.35.